The molecule has 0 aromatic heterocycles. The van der Waals surface area contributed by atoms with Crippen molar-refractivity contribution in [2.24, 2.45) is 0 Å². The van der Waals surface area contributed by atoms with Crippen LogP contribution in [0.4, 0.5) is 10.1 Å². The van der Waals surface area contributed by atoms with Gasteiger partial charge in [-0.25, -0.2) is 4.39 Å². The first-order valence-electron chi connectivity index (χ1n) is 5.09. The average Bonchev–Trinajstić information content (AvgIpc) is 2.32. The standard InChI is InChI=1S/C13H10BrClFN/c14-10-6-5-9(7-12(10)16)8-17-13-4-2-1-3-11(13)15/h1-7,17H,8H2. The van der Waals surface area contributed by atoms with E-state index in [4.69, 9.17) is 11.6 Å². The smallest absolute Gasteiger partial charge is 0.137 e. The van der Waals surface area contributed by atoms with Crippen LogP contribution in [0.25, 0.3) is 0 Å². The summed E-state index contributed by atoms with van der Waals surface area (Å²) in [6.07, 6.45) is 0. The lowest BCUT2D eigenvalue weighted by molar-refractivity contribution is 0.619. The third-order valence-corrected chi connectivity index (χ3v) is 3.31. The number of benzene rings is 2. The third kappa shape index (κ3) is 3.20. The molecule has 0 saturated carbocycles. The number of nitrogens with one attached hydrogen (secondary N) is 1. The molecule has 17 heavy (non-hydrogen) atoms. The van der Waals surface area contributed by atoms with Gasteiger partial charge in [0.05, 0.1) is 15.2 Å². The van der Waals surface area contributed by atoms with Crippen LogP contribution in [0.1, 0.15) is 5.56 Å². The lowest BCUT2D eigenvalue weighted by Gasteiger charge is -2.08. The molecular formula is C13H10BrClFN. The van der Waals surface area contributed by atoms with E-state index in [0.717, 1.165) is 11.3 Å². The highest BCUT2D eigenvalue weighted by molar-refractivity contribution is 9.10. The first-order valence-corrected chi connectivity index (χ1v) is 6.26. The van der Waals surface area contributed by atoms with E-state index in [2.05, 4.69) is 21.2 Å². The zero-order chi connectivity index (χ0) is 12.3. The first kappa shape index (κ1) is 12.4. The molecule has 0 atom stereocenters. The summed E-state index contributed by atoms with van der Waals surface area (Å²) in [5.74, 6) is -0.261. The Kier molecular flexibility index (Phi) is 4.02. The fourth-order valence-corrected chi connectivity index (χ4v) is 1.90. The van der Waals surface area contributed by atoms with Gasteiger partial charge in [-0.2, -0.15) is 0 Å². The van der Waals surface area contributed by atoms with Gasteiger partial charge in [0, 0.05) is 6.54 Å². The van der Waals surface area contributed by atoms with E-state index < -0.39 is 0 Å². The number of hydrogen-bond acceptors (Lipinski definition) is 1. The molecule has 0 amide bonds. The highest BCUT2D eigenvalue weighted by Gasteiger charge is 2.02. The summed E-state index contributed by atoms with van der Waals surface area (Å²) >= 11 is 9.12. The van der Waals surface area contributed by atoms with E-state index in [-0.39, 0.29) is 5.82 Å². The van der Waals surface area contributed by atoms with Crippen molar-refractivity contribution in [3.63, 3.8) is 0 Å². The van der Waals surface area contributed by atoms with Crippen molar-refractivity contribution in [2.45, 2.75) is 6.54 Å². The Morgan fingerprint density at radius 3 is 2.65 bits per heavy atom. The SMILES string of the molecule is Fc1cc(CNc2ccccc2Cl)ccc1Br. The van der Waals surface area contributed by atoms with Crippen LogP contribution in [0.2, 0.25) is 5.02 Å². The monoisotopic (exact) mass is 313 g/mol. The van der Waals surface area contributed by atoms with Gasteiger partial charge in [0.25, 0.3) is 0 Å². The minimum absolute atomic E-state index is 0.261. The molecule has 0 aliphatic heterocycles. The van der Waals surface area contributed by atoms with Crippen LogP contribution in [0, 0.1) is 5.82 Å². The summed E-state index contributed by atoms with van der Waals surface area (Å²) in [6, 6.07) is 12.5. The van der Waals surface area contributed by atoms with E-state index in [9.17, 15) is 4.39 Å². The van der Waals surface area contributed by atoms with Gasteiger partial charge in [0.15, 0.2) is 0 Å². The Morgan fingerprint density at radius 1 is 1.18 bits per heavy atom. The normalized spacial score (nSPS) is 10.3. The van der Waals surface area contributed by atoms with Crippen LogP contribution in [-0.2, 0) is 6.54 Å². The summed E-state index contributed by atoms with van der Waals surface area (Å²) < 4.78 is 13.8. The Labute approximate surface area is 113 Å². The number of anilines is 1. The molecule has 2 rings (SSSR count). The van der Waals surface area contributed by atoms with Gasteiger partial charge in [-0.1, -0.05) is 29.8 Å². The molecule has 0 saturated heterocycles. The predicted octanol–water partition coefficient (Wildman–Crippen LogP) is 4.85. The second-order valence-electron chi connectivity index (χ2n) is 3.58. The molecule has 0 radical (unpaired) electrons. The van der Waals surface area contributed by atoms with Gasteiger partial charge < -0.3 is 5.32 Å². The molecule has 4 heteroatoms. The molecule has 2 aromatic carbocycles. The highest BCUT2D eigenvalue weighted by atomic mass is 79.9. The molecule has 0 unspecified atom stereocenters. The predicted molar refractivity (Wildman–Crippen MR) is 72.9 cm³/mol. The summed E-state index contributed by atoms with van der Waals surface area (Å²) in [5, 5.41) is 3.82. The molecule has 0 aliphatic carbocycles. The molecular weight excluding hydrogens is 305 g/mol. The van der Waals surface area contributed by atoms with E-state index in [1.54, 1.807) is 6.07 Å². The van der Waals surface area contributed by atoms with Gasteiger partial charge in [-0.3, -0.25) is 0 Å². The van der Waals surface area contributed by atoms with E-state index in [1.165, 1.54) is 6.07 Å². The van der Waals surface area contributed by atoms with E-state index in [0.29, 0.717) is 16.0 Å². The molecule has 0 bridgehead atoms. The second-order valence-corrected chi connectivity index (χ2v) is 4.84. The summed E-state index contributed by atoms with van der Waals surface area (Å²) in [7, 11) is 0. The van der Waals surface area contributed by atoms with Crippen molar-refractivity contribution < 1.29 is 4.39 Å². The Morgan fingerprint density at radius 2 is 1.94 bits per heavy atom. The lowest BCUT2D eigenvalue weighted by atomic mass is 10.2. The van der Waals surface area contributed by atoms with Gasteiger partial charge >= 0.3 is 0 Å². The topological polar surface area (TPSA) is 12.0 Å². The van der Waals surface area contributed by atoms with Crippen LogP contribution >= 0.6 is 27.5 Å². The number of para-hydroxylation sites is 1. The van der Waals surface area contributed by atoms with Crippen LogP contribution in [0.15, 0.2) is 46.9 Å². The third-order valence-electron chi connectivity index (χ3n) is 2.34. The average molecular weight is 315 g/mol. The number of rotatable bonds is 3. The summed E-state index contributed by atoms with van der Waals surface area (Å²) in [6.45, 7) is 0.536. The van der Waals surface area contributed by atoms with Crippen LogP contribution in [0.3, 0.4) is 0 Å². The largest absolute Gasteiger partial charge is 0.380 e. The van der Waals surface area contributed by atoms with Crippen molar-refractivity contribution in [1.29, 1.82) is 0 Å². The van der Waals surface area contributed by atoms with Crippen molar-refractivity contribution in [2.75, 3.05) is 5.32 Å². The first-order chi connectivity index (χ1) is 8.16. The molecule has 0 spiro atoms. The fourth-order valence-electron chi connectivity index (χ4n) is 1.45. The molecule has 0 aliphatic rings. The Bertz CT molecular complexity index is 531. The van der Waals surface area contributed by atoms with E-state index in [1.807, 2.05) is 30.3 Å². The van der Waals surface area contributed by atoms with E-state index >= 15 is 0 Å². The minimum Gasteiger partial charge on any atom is -0.380 e. The van der Waals surface area contributed by atoms with Crippen LogP contribution in [0.5, 0.6) is 0 Å². The molecule has 1 nitrogen and oxygen atoms in total. The lowest BCUT2D eigenvalue weighted by Crippen LogP contribution is -2.00. The van der Waals surface area contributed by atoms with Gasteiger partial charge in [0.2, 0.25) is 0 Å². The number of hydrogen-bond donors (Lipinski definition) is 1. The maximum atomic E-state index is 13.3. The van der Waals surface area contributed by atoms with Crippen molar-refractivity contribution >= 4 is 33.2 Å². The van der Waals surface area contributed by atoms with Gasteiger partial charge in [0.1, 0.15) is 5.82 Å². The molecule has 2 aromatic rings. The summed E-state index contributed by atoms with van der Waals surface area (Å²) in [4.78, 5) is 0. The summed E-state index contributed by atoms with van der Waals surface area (Å²) in [5.41, 5.74) is 1.71. The second kappa shape index (κ2) is 5.52. The fraction of sp³-hybridized carbons (Fsp3) is 0.0769. The van der Waals surface area contributed by atoms with Crippen molar-refractivity contribution in [1.82, 2.24) is 0 Å². The zero-order valence-electron chi connectivity index (χ0n) is 8.88. The zero-order valence-corrected chi connectivity index (χ0v) is 11.2. The highest BCUT2D eigenvalue weighted by Crippen LogP contribution is 2.22. The van der Waals surface area contributed by atoms with Gasteiger partial charge in [-0.15, -0.1) is 0 Å². The maximum absolute atomic E-state index is 13.3. The molecule has 0 fully saturated rings. The molecule has 0 heterocycles. The molecule has 88 valence electrons. The number of halogens is 3. The van der Waals surface area contributed by atoms with Crippen LogP contribution < -0.4 is 5.32 Å². The van der Waals surface area contributed by atoms with Gasteiger partial charge in [-0.05, 0) is 45.8 Å². The van der Waals surface area contributed by atoms with Crippen molar-refractivity contribution in [3.05, 3.63) is 63.3 Å². The van der Waals surface area contributed by atoms with Crippen LogP contribution in [-0.4, -0.2) is 0 Å². The Balaban J connectivity index is 2.08. The van der Waals surface area contributed by atoms with Crippen molar-refractivity contribution in [3.8, 4) is 0 Å². The quantitative estimate of drug-likeness (QED) is 0.853. The molecule has 1 N–H and O–H groups in total. The Hall–Kier alpha value is -1.06. The maximum Gasteiger partial charge on any atom is 0.137 e. The minimum atomic E-state index is -0.261.